The SMILES string of the molecule is COc1cc(OC)cc(C(=O)NCCC(=O)NC(C)c2ccccc2)c1. The van der Waals surface area contributed by atoms with Gasteiger partial charge in [-0.3, -0.25) is 9.59 Å². The number of benzene rings is 2. The van der Waals surface area contributed by atoms with Gasteiger partial charge in [-0.05, 0) is 24.6 Å². The molecule has 0 aromatic heterocycles. The number of amides is 2. The van der Waals surface area contributed by atoms with Gasteiger partial charge in [0.2, 0.25) is 5.91 Å². The van der Waals surface area contributed by atoms with E-state index in [2.05, 4.69) is 10.6 Å². The van der Waals surface area contributed by atoms with Crippen molar-refractivity contribution in [3.63, 3.8) is 0 Å². The number of carbonyl (C=O) groups excluding carboxylic acids is 2. The molecule has 0 saturated heterocycles. The van der Waals surface area contributed by atoms with Gasteiger partial charge in [-0.1, -0.05) is 30.3 Å². The fraction of sp³-hybridized carbons (Fsp3) is 0.300. The van der Waals surface area contributed by atoms with E-state index in [4.69, 9.17) is 9.47 Å². The number of methoxy groups -OCH3 is 2. The summed E-state index contributed by atoms with van der Waals surface area (Å²) in [4.78, 5) is 24.3. The van der Waals surface area contributed by atoms with Gasteiger partial charge in [0.25, 0.3) is 5.91 Å². The van der Waals surface area contributed by atoms with Gasteiger partial charge in [0.15, 0.2) is 0 Å². The Morgan fingerprint density at radius 3 is 2.19 bits per heavy atom. The van der Waals surface area contributed by atoms with Crippen molar-refractivity contribution < 1.29 is 19.1 Å². The largest absolute Gasteiger partial charge is 0.497 e. The number of carbonyl (C=O) groups is 2. The molecule has 0 saturated carbocycles. The topological polar surface area (TPSA) is 76.7 Å². The van der Waals surface area contributed by atoms with E-state index >= 15 is 0 Å². The summed E-state index contributed by atoms with van der Waals surface area (Å²) >= 11 is 0. The van der Waals surface area contributed by atoms with Crippen LogP contribution in [0.25, 0.3) is 0 Å². The van der Waals surface area contributed by atoms with Crippen LogP contribution >= 0.6 is 0 Å². The third kappa shape index (κ3) is 5.51. The van der Waals surface area contributed by atoms with Crippen LogP contribution in [0, 0.1) is 0 Å². The molecule has 0 fully saturated rings. The minimum atomic E-state index is -0.286. The van der Waals surface area contributed by atoms with Crippen molar-refractivity contribution >= 4 is 11.8 Å². The second-order valence-corrected chi connectivity index (χ2v) is 5.81. The van der Waals surface area contributed by atoms with E-state index in [-0.39, 0.29) is 30.8 Å². The average Bonchev–Trinajstić information content (AvgIpc) is 2.67. The van der Waals surface area contributed by atoms with Gasteiger partial charge in [0.1, 0.15) is 11.5 Å². The zero-order valence-corrected chi connectivity index (χ0v) is 15.2. The van der Waals surface area contributed by atoms with E-state index in [0.29, 0.717) is 17.1 Å². The summed E-state index contributed by atoms with van der Waals surface area (Å²) in [6.07, 6.45) is 0.198. The predicted octanol–water partition coefficient (Wildman–Crippen LogP) is 2.70. The number of hydrogen-bond donors (Lipinski definition) is 2. The van der Waals surface area contributed by atoms with Crippen LogP contribution in [0.4, 0.5) is 0 Å². The monoisotopic (exact) mass is 356 g/mol. The summed E-state index contributed by atoms with van der Waals surface area (Å²) in [6.45, 7) is 2.17. The lowest BCUT2D eigenvalue weighted by Gasteiger charge is -2.14. The maximum atomic E-state index is 12.3. The predicted molar refractivity (Wildman–Crippen MR) is 99.5 cm³/mol. The fourth-order valence-electron chi connectivity index (χ4n) is 2.47. The van der Waals surface area contributed by atoms with Gasteiger partial charge in [0, 0.05) is 24.6 Å². The summed E-state index contributed by atoms with van der Waals surface area (Å²) in [5.74, 6) is 0.656. The van der Waals surface area contributed by atoms with Crippen molar-refractivity contribution in [3.8, 4) is 11.5 Å². The van der Waals surface area contributed by atoms with Crippen LogP contribution in [0.2, 0.25) is 0 Å². The molecule has 138 valence electrons. The molecule has 26 heavy (non-hydrogen) atoms. The lowest BCUT2D eigenvalue weighted by molar-refractivity contribution is -0.121. The van der Waals surface area contributed by atoms with Crippen molar-refractivity contribution in [2.24, 2.45) is 0 Å². The molecule has 0 radical (unpaired) electrons. The summed E-state index contributed by atoms with van der Waals surface area (Å²) < 4.78 is 10.3. The highest BCUT2D eigenvalue weighted by Gasteiger charge is 2.12. The van der Waals surface area contributed by atoms with Crippen LogP contribution in [0.15, 0.2) is 48.5 Å². The van der Waals surface area contributed by atoms with E-state index in [9.17, 15) is 9.59 Å². The molecule has 1 atom stereocenters. The molecule has 2 rings (SSSR count). The Kier molecular flexibility index (Phi) is 7.02. The second kappa shape index (κ2) is 9.46. The molecular weight excluding hydrogens is 332 g/mol. The molecule has 0 heterocycles. The summed E-state index contributed by atoms with van der Waals surface area (Å²) in [7, 11) is 3.05. The Hall–Kier alpha value is -3.02. The molecule has 2 N–H and O–H groups in total. The van der Waals surface area contributed by atoms with Gasteiger partial charge in [0.05, 0.1) is 20.3 Å². The Morgan fingerprint density at radius 1 is 1.00 bits per heavy atom. The molecule has 6 nitrogen and oxygen atoms in total. The minimum Gasteiger partial charge on any atom is -0.497 e. The van der Waals surface area contributed by atoms with E-state index in [1.54, 1.807) is 18.2 Å². The van der Waals surface area contributed by atoms with Crippen LogP contribution in [0.3, 0.4) is 0 Å². The van der Waals surface area contributed by atoms with Crippen molar-refractivity contribution in [1.29, 1.82) is 0 Å². The van der Waals surface area contributed by atoms with Crippen molar-refractivity contribution in [3.05, 3.63) is 59.7 Å². The molecule has 0 aliphatic carbocycles. The molecule has 2 amide bonds. The zero-order valence-electron chi connectivity index (χ0n) is 15.2. The molecule has 0 spiro atoms. The third-order valence-electron chi connectivity index (χ3n) is 3.93. The Labute approximate surface area is 153 Å². The first-order chi connectivity index (χ1) is 12.5. The molecular formula is C20H24N2O4. The van der Waals surface area contributed by atoms with Crippen molar-refractivity contribution in [2.75, 3.05) is 20.8 Å². The molecule has 2 aromatic rings. The Balaban J connectivity index is 1.83. The van der Waals surface area contributed by atoms with Gasteiger partial charge in [-0.25, -0.2) is 0 Å². The average molecular weight is 356 g/mol. The van der Waals surface area contributed by atoms with E-state index in [0.717, 1.165) is 5.56 Å². The highest BCUT2D eigenvalue weighted by atomic mass is 16.5. The summed E-state index contributed by atoms with van der Waals surface area (Å²) in [5.41, 5.74) is 1.45. The van der Waals surface area contributed by atoms with Crippen LogP contribution in [-0.2, 0) is 4.79 Å². The zero-order chi connectivity index (χ0) is 18.9. The molecule has 1 unspecified atom stereocenters. The van der Waals surface area contributed by atoms with Crippen LogP contribution < -0.4 is 20.1 Å². The highest BCUT2D eigenvalue weighted by Crippen LogP contribution is 2.22. The lowest BCUT2D eigenvalue weighted by Crippen LogP contribution is -2.32. The normalized spacial score (nSPS) is 11.3. The summed E-state index contributed by atoms with van der Waals surface area (Å²) in [6, 6.07) is 14.6. The number of hydrogen-bond acceptors (Lipinski definition) is 4. The van der Waals surface area contributed by atoms with Crippen molar-refractivity contribution in [1.82, 2.24) is 10.6 Å². The van der Waals surface area contributed by atoms with Crippen molar-refractivity contribution in [2.45, 2.75) is 19.4 Å². The Morgan fingerprint density at radius 2 is 1.62 bits per heavy atom. The first-order valence-corrected chi connectivity index (χ1v) is 8.39. The van der Waals surface area contributed by atoms with Gasteiger partial charge >= 0.3 is 0 Å². The van der Waals surface area contributed by atoms with Crippen LogP contribution in [0.1, 0.15) is 35.3 Å². The molecule has 6 heteroatoms. The molecule has 0 aliphatic rings. The lowest BCUT2D eigenvalue weighted by atomic mass is 10.1. The first-order valence-electron chi connectivity index (χ1n) is 8.39. The van der Waals surface area contributed by atoms with Gasteiger partial charge < -0.3 is 20.1 Å². The minimum absolute atomic E-state index is 0.0814. The summed E-state index contributed by atoms with van der Waals surface area (Å²) in [5, 5.41) is 5.65. The molecule has 0 bridgehead atoms. The Bertz CT molecular complexity index is 724. The maximum Gasteiger partial charge on any atom is 0.251 e. The number of ether oxygens (including phenoxy) is 2. The number of nitrogens with one attached hydrogen (secondary N) is 2. The fourth-order valence-corrected chi connectivity index (χ4v) is 2.47. The molecule has 0 aliphatic heterocycles. The van der Waals surface area contributed by atoms with Gasteiger partial charge in [-0.15, -0.1) is 0 Å². The number of rotatable bonds is 8. The smallest absolute Gasteiger partial charge is 0.251 e. The van der Waals surface area contributed by atoms with E-state index in [1.807, 2.05) is 37.3 Å². The highest BCUT2D eigenvalue weighted by molar-refractivity contribution is 5.95. The second-order valence-electron chi connectivity index (χ2n) is 5.81. The van der Waals surface area contributed by atoms with Crippen LogP contribution in [-0.4, -0.2) is 32.6 Å². The third-order valence-corrected chi connectivity index (χ3v) is 3.93. The van der Waals surface area contributed by atoms with Gasteiger partial charge in [-0.2, -0.15) is 0 Å². The molecule has 2 aromatic carbocycles. The van der Waals surface area contributed by atoms with E-state index in [1.165, 1.54) is 14.2 Å². The maximum absolute atomic E-state index is 12.3. The standard InChI is InChI=1S/C20H24N2O4/c1-14(15-7-5-4-6-8-15)22-19(23)9-10-21-20(24)16-11-17(25-2)13-18(12-16)26-3/h4-8,11-14H,9-10H2,1-3H3,(H,21,24)(H,22,23). The van der Waals surface area contributed by atoms with Crippen LogP contribution in [0.5, 0.6) is 11.5 Å². The quantitative estimate of drug-likeness (QED) is 0.762. The van der Waals surface area contributed by atoms with E-state index < -0.39 is 0 Å². The first kappa shape index (κ1) is 19.3.